The summed E-state index contributed by atoms with van der Waals surface area (Å²) in [6.07, 6.45) is 1.97. The van der Waals surface area contributed by atoms with Gasteiger partial charge in [-0.25, -0.2) is 0 Å². The Morgan fingerprint density at radius 2 is 2.00 bits per heavy atom. The first-order chi connectivity index (χ1) is 6.20. The third kappa shape index (κ3) is 2.57. The van der Waals surface area contributed by atoms with Crippen LogP contribution in [-0.2, 0) is 13.0 Å². The van der Waals surface area contributed by atoms with E-state index in [2.05, 4.69) is 4.98 Å². The molecule has 3 N–H and O–H groups in total. The van der Waals surface area contributed by atoms with Gasteiger partial charge in [0.15, 0.2) is 0 Å². The maximum Gasteiger partial charge on any atom is 0.142 e. The normalized spacial score (nSPS) is 9.64. The van der Waals surface area contributed by atoms with E-state index in [-0.39, 0.29) is 31.4 Å². The summed E-state index contributed by atoms with van der Waals surface area (Å²) in [5.74, 6) is 0.0217. The lowest BCUT2D eigenvalue weighted by atomic mass is 10.1. The van der Waals surface area contributed by atoms with E-state index < -0.39 is 0 Å². The number of hydrogen-bond donors (Lipinski definition) is 3. The Hall–Kier alpha value is -0.840. The van der Waals surface area contributed by atoms with E-state index in [1.165, 1.54) is 0 Å². The highest BCUT2D eigenvalue weighted by molar-refractivity contribution is 5.85. The molecule has 0 fully saturated rings. The number of pyridine rings is 1. The van der Waals surface area contributed by atoms with E-state index >= 15 is 0 Å². The van der Waals surface area contributed by atoms with Gasteiger partial charge in [-0.2, -0.15) is 0 Å². The molecule has 1 aromatic rings. The zero-order valence-electron chi connectivity index (χ0n) is 7.90. The molecule has 14 heavy (non-hydrogen) atoms. The van der Waals surface area contributed by atoms with Crippen LogP contribution in [0.1, 0.15) is 16.8 Å². The predicted octanol–water partition coefficient (Wildman–Crippen LogP) is 0.545. The second-order valence-corrected chi connectivity index (χ2v) is 2.83. The molecule has 0 saturated carbocycles. The van der Waals surface area contributed by atoms with Crippen LogP contribution in [0.2, 0.25) is 0 Å². The first kappa shape index (κ1) is 13.2. The molecule has 0 atom stereocenters. The van der Waals surface area contributed by atoms with E-state index in [1.54, 1.807) is 13.1 Å². The topological polar surface area (TPSA) is 73.6 Å². The van der Waals surface area contributed by atoms with Crippen molar-refractivity contribution in [3.05, 3.63) is 23.0 Å². The first-order valence-corrected chi connectivity index (χ1v) is 4.08. The summed E-state index contributed by atoms with van der Waals surface area (Å²) in [5, 5.41) is 27.2. The summed E-state index contributed by atoms with van der Waals surface area (Å²) in [6.45, 7) is 1.42. The Kier molecular flexibility index (Phi) is 5.45. The average molecular weight is 220 g/mol. The van der Waals surface area contributed by atoms with Crippen LogP contribution in [0.4, 0.5) is 0 Å². The van der Waals surface area contributed by atoms with Gasteiger partial charge >= 0.3 is 0 Å². The van der Waals surface area contributed by atoms with Gasteiger partial charge in [-0.15, -0.1) is 12.4 Å². The molecule has 80 valence electrons. The van der Waals surface area contributed by atoms with Gasteiger partial charge in [0.25, 0.3) is 0 Å². The minimum Gasteiger partial charge on any atom is -0.506 e. The lowest BCUT2D eigenvalue weighted by molar-refractivity contribution is 0.269. The largest absolute Gasteiger partial charge is 0.506 e. The number of hydrogen-bond acceptors (Lipinski definition) is 4. The summed E-state index contributed by atoms with van der Waals surface area (Å²) in [5.41, 5.74) is 1.64. The number of aromatic nitrogens is 1. The maximum atomic E-state index is 9.50. The van der Waals surface area contributed by atoms with Crippen LogP contribution in [0, 0.1) is 6.92 Å². The van der Waals surface area contributed by atoms with Crippen LogP contribution in [0.15, 0.2) is 6.20 Å². The zero-order valence-corrected chi connectivity index (χ0v) is 8.71. The van der Waals surface area contributed by atoms with Crippen molar-refractivity contribution >= 4 is 12.4 Å². The third-order valence-corrected chi connectivity index (χ3v) is 1.97. The van der Waals surface area contributed by atoms with Gasteiger partial charge in [0.1, 0.15) is 5.75 Å². The van der Waals surface area contributed by atoms with Gasteiger partial charge in [0.2, 0.25) is 0 Å². The molecule has 0 bridgehead atoms. The zero-order chi connectivity index (χ0) is 9.84. The van der Waals surface area contributed by atoms with Gasteiger partial charge in [-0.05, 0) is 18.9 Å². The molecule has 0 spiro atoms. The van der Waals surface area contributed by atoms with E-state index in [0.29, 0.717) is 23.2 Å². The summed E-state index contributed by atoms with van der Waals surface area (Å²) >= 11 is 0. The fourth-order valence-electron chi connectivity index (χ4n) is 1.20. The molecule has 0 aliphatic heterocycles. The molecule has 1 rings (SSSR count). The van der Waals surface area contributed by atoms with Crippen molar-refractivity contribution in [2.75, 3.05) is 6.61 Å². The second-order valence-electron chi connectivity index (χ2n) is 2.83. The molecule has 1 aromatic heterocycles. The minimum absolute atomic E-state index is 0. The van der Waals surface area contributed by atoms with Crippen LogP contribution >= 0.6 is 12.4 Å². The SMILES string of the molecule is Cc1ncc(CCO)c(CO)c1O.Cl. The quantitative estimate of drug-likeness (QED) is 0.694. The molecule has 0 unspecified atom stereocenters. The molecule has 4 nitrogen and oxygen atoms in total. The van der Waals surface area contributed by atoms with E-state index in [9.17, 15) is 5.11 Å². The number of rotatable bonds is 3. The number of aromatic hydroxyl groups is 1. The Balaban J connectivity index is 0.00000169. The number of nitrogens with zero attached hydrogens (tertiary/aromatic N) is 1. The molecule has 0 aromatic carbocycles. The molecular formula is C9H14ClNO3. The van der Waals surface area contributed by atoms with Crippen LogP contribution in [0.3, 0.4) is 0 Å². The summed E-state index contributed by atoms with van der Waals surface area (Å²) < 4.78 is 0. The highest BCUT2D eigenvalue weighted by atomic mass is 35.5. The molecule has 0 radical (unpaired) electrons. The fourth-order valence-corrected chi connectivity index (χ4v) is 1.20. The van der Waals surface area contributed by atoms with Crippen LogP contribution in [0.25, 0.3) is 0 Å². The standard InChI is InChI=1S/C9H13NO3.ClH/c1-6-9(13)8(5-12)7(2-3-11)4-10-6;/h4,11-13H,2-3,5H2,1H3;1H. The van der Waals surface area contributed by atoms with Crippen LogP contribution in [0.5, 0.6) is 5.75 Å². The first-order valence-electron chi connectivity index (χ1n) is 4.08. The van der Waals surface area contributed by atoms with Crippen molar-refractivity contribution in [3.63, 3.8) is 0 Å². The lowest BCUT2D eigenvalue weighted by Gasteiger charge is -2.09. The number of aryl methyl sites for hydroxylation is 1. The molecule has 0 aliphatic carbocycles. The number of aliphatic hydroxyl groups is 2. The average Bonchev–Trinajstić information content (AvgIpc) is 2.12. The van der Waals surface area contributed by atoms with Crippen LogP contribution < -0.4 is 0 Å². The van der Waals surface area contributed by atoms with Crippen molar-refractivity contribution in [2.24, 2.45) is 0 Å². The Labute approximate surface area is 88.6 Å². The Morgan fingerprint density at radius 1 is 1.36 bits per heavy atom. The smallest absolute Gasteiger partial charge is 0.142 e. The van der Waals surface area contributed by atoms with Crippen molar-refractivity contribution < 1.29 is 15.3 Å². The van der Waals surface area contributed by atoms with Crippen molar-refractivity contribution in [1.82, 2.24) is 4.98 Å². The molecule has 5 heteroatoms. The van der Waals surface area contributed by atoms with Gasteiger partial charge in [-0.1, -0.05) is 0 Å². The fraction of sp³-hybridized carbons (Fsp3) is 0.444. The van der Waals surface area contributed by atoms with Crippen molar-refractivity contribution in [1.29, 1.82) is 0 Å². The number of aliphatic hydroxyl groups excluding tert-OH is 2. The van der Waals surface area contributed by atoms with Crippen molar-refractivity contribution in [3.8, 4) is 5.75 Å². The summed E-state index contributed by atoms with van der Waals surface area (Å²) in [7, 11) is 0. The van der Waals surface area contributed by atoms with E-state index in [4.69, 9.17) is 10.2 Å². The van der Waals surface area contributed by atoms with Gasteiger partial charge in [0, 0.05) is 18.4 Å². The van der Waals surface area contributed by atoms with Gasteiger partial charge < -0.3 is 15.3 Å². The van der Waals surface area contributed by atoms with Gasteiger partial charge in [0.05, 0.1) is 12.3 Å². The Bertz CT molecular complexity index is 304. The third-order valence-electron chi connectivity index (χ3n) is 1.97. The highest BCUT2D eigenvalue weighted by Crippen LogP contribution is 2.23. The van der Waals surface area contributed by atoms with Crippen molar-refractivity contribution in [2.45, 2.75) is 20.0 Å². The molecule has 0 saturated heterocycles. The predicted molar refractivity (Wildman–Crippen MR) is 54.6 cm³/mol. The van der Waals surface area contributed by atoms with Crippen LogP contribution in [-0.4, -0.2) is 26.9 Å². The number of halogens is 1. The van der Waals surface area contributed by atoms with Gasteiger partial charge in [-0.3, -0.25) is 4.98 Å². The van der Waals surface area contributed by atoms with E-state index in [1.807, 2.05) is 0 Å². The maximum absolute atomic E-state index is 9.50. The molecule has 0 aliphatic rings. The highest BCUT2D eigenvalue weighted by Gasteiger charge is 2.09. The second kappa shape index (κ2) is 5.80. The molecule has 0 amide bonds. The Morgan fingerprint density at radius 3 is 2.50 bits per heavy atom. The summed E-state index contributed by atoms with van der Waals surface area (Å²) in [4.78, 5) is 3.93. The summed E-state index contributed by atoms with van der Waals surface area (Å²) in [6, 6.07) is 0. The molecular weight excluding hydrogens is 206 g/mol. The molecule has 1 heterocycles. The lowest BCUT2D eigenvalue weighted by Crippen LogP contribution is -2.01. The monoisotopic (exact) mass is 219 g/mol. The minimum atomic E-state index is -0.232. The van der Waals surface area contributed by atoms with E-state index in [0.717, 1.165) is 0 Å².